The summed E-state index contributed by atoms with van der Waals surface area (Å²) < 4.78 is 0. The van der Waals surface area contributed by atoms with Gasteiger partial charge in [-0.25, -0.2) is 0 Å². The van der Waals surface area contributed by atoms with Crippen molar-refractivity contribution in [3.05, 3.63) is 23.0 Å². The zero-order valence-corrected chi connectivity index (χ0v) is 14.7. The quantitative estimate of drug-likeness (QED) is 0.328. The Labute approximate surface area is 134 Å². The minimum atomic E-state index is -0.822. The highest BCUT2D eigenvalue weighted by atomic mass is 32.2. The number of rotatable bonds is 10. The normalized spacial score (nSPS) is 15.0. The van der Waals surface area contributed by atoms with Crippen molar-refractivity contribution in [3.63, 3.8) is 0 Å². The van der Waals surface area contributed by atoms with Gasteiger partial charge in [-0.05, 0) is 32.1 Å². The van der Waals surface area contributed by atoms with Crippen LogP contribution in [0.15, 0.2) is 28.0 Å². The van der Waals surface area contributed by atoms with E-state index in [4.69, 9.17) is 5.73 Å². The number of hydrogen-bond acceptors (Lipinski definition) is 4. The molecule has 2 atom stereocenters. The third-order valence-electron chi connectivity index (χ3n) is 2.68. The van der Waals surface area contributed by atoms with Gasteiger partial charge in [0.2, 0.25) is 0 Å². The highest BCUT2D eigenvalue weighted by molar-refractivity contribution is 8.05. The van der Waals surface area contributed by atoms with E-state index in [0.29, 0.717) is 12.3 Å². The second-order valence-electron chi connectivity index (χ2n) is 4.36. The summed E-state index contributed by atoms with van der Waals surface area (Å²) in [5, 5.41) is 21.5. The third-order valence-corrected chi connectivity index (χ3v) is 3.60. The van der Waals surface area contributed by atoms with E-state index >= 15 is 0 Å². The van der Waals surface area contributed by atoms with E-state index in [1.165, 1.54) is 11.8 Å². The highest BCUT2D eigenvalue weighted by Crippen LogP contribution is 2.24. The Hall–Kier alpha value is -0.780. The van der Waals surface area contributed by atoms with Crippen molar-refractivity contribution in [2.45, 2.75) is 65.6 Å². The number of nitrogens with zero attached hydrogens (tertiary/aromatic N) is 1. The summed E-state index contributed by atoms with van der Waals surface area (Å²) in [7, 11) is 0. The van der Waals surface area contributed by atoms with Gasteiger partial charge >= 0.3 is 0 Å². The number of aliphatic hydroxyl groups excluding tert-OH is 2. The van der Waals surface area contributed by atoms with Crippen molar-refractivity contribution >= 4 is 17.6 Å². The van der Waals surface area contributed by atoms with Crippen LogP contribution in [-0.2, 0) is 0 Å². The molecule has 0 aromatic carbocycles. The maximum absolute atomic E-state index is 9.96. The van der Waals surface area contributed by atoms with Crippen molar-refractivity contribution in [1.29, 1.82) is 0 Å². The zero-order valence-electron chi connectivity index (χ0n) is 13.9. The van der Waals surface area contributed by atoms with Gasteiger partial charge in [0.15, 0.2) is 0 Å². The van der Waals surface area contributed by atoms with Crippen LogP contribution in [-0.4, -0.2) is 34.8 Å². The summed E-state index contributed by atoms with van der Waals surface area (Å²) in [5.74, 6) is 0.606. The van der Waals surface area contributed by atoms with Gasteiger partial charge in [0.05, 0.1) is 11.9 Å². The number of unbranched alkanes of at least 4 members (excludes halogenated alkanes) is 2. The van der Waals surface area contributed by atoms with Crippen molar-refractivity contribution in [2.24, 2.45) is 10.7 Å². The molecule has 0 bridgehead atoms. The lowest BCUT2D eigenvalue weighted by Gasteiger charge is -2.19. The van der Waals surface area contributed by atoms with Gasteiger partial charge in [-0.3, -0.25) is 4.99 Å². The second kappa shape index (κ2) is 15.6. The van der Waals surface area contributed by atoms with Crippen LogP contribution in [0.3, 0.4) is 0 Å². The van der Waals surface area contributed by atoms with E-state index in [1.807, 2.05) is 20.8 Å². The largest absolute Gasteiger partial charge is 0.390 e. The SMILES string of the molecule is C=CS/C(=C\C)C(O)C(O)CCCCCN=C(C)N.CC. The van der Waals surface area contributed by atoms with Crippen LogP contribution < -0.4 is 5.73 Å². The molecule has 5 heteroatoms. The fraction of sp³-hybridized carbons (Fsp3) is 0.688. The van der Waals surface area contributed by atoms with Crippen LogP contribution in [0, 0.1) is 0 Å². The van der Waals surface area contributed by atoms with Gasteiger partial charge in [0.25, 0.3) is 0 Å². The number of allylic oxidation sites excluding steroid dienone is 1. The summed E-state index contributed by atoms with van der Waals surface area (Å²) in [4.78, 5) is 4.84. The number of amidine groups is 1. The van der Waals surface area contributed by atoms with Crippen molar-refractivity contribution < 1.29 is 10.2 Å². The monoisotopic (exact) mass is 316 g/mol. The fourth-order valence-electron chi connectivity index (χ4n) is 1.65. The Morgan fingerprint density at radius 1 is 1.29 bits per heavy atom. The average Bonchev–Trinajstić information content (AvgIpc) is 2.49. The van der Waals surface area contributed by atoms with Gasteiger partial charge < -0.3 is 15.9 Å². The van der Waals surface area contributed by atoms with E-state index in [-0.39, 0.29) is 0 Å². The molecule has 124 valence electrons. The number of thioether (sulfide) groups is 1. The molecule has 2 unspecified atom stereocenters. The van der Waals surface area contributed by atoms with Gasteiger partial charge in [-0.2, -0.15) is 0 Å². The molecule has 0 aliphatic rings. The lowest BCUT2D eigenvalue weighted by Crippen LogP contribution is -2.26. The first-order valence-electron chi connectivity index (χ1n) is 7.59. The number of nitrogens with two attached hydrogens (primary N) is 1. The van der Waals surface area contributed by atoms with Crippen LogP contribution >= 0.6 is 11.8 Å². The predicted molar refractivity (Wildman–Crippen MR) is 95.5 cm³/mol. The summed E-state index contributed by atoms with van der Waals surface area (Å²) in [5.41, 5.74) is 5.43. The fourth-order valence-corrected chi connectivity index (χ4v) is 2.27. The average molecular weight is 317 g/mol. The molecule has 0 aromatic rings. The number of hydrogen-bond donors (Lipinski definition) is 3. The number of aliphatic imine (C=N–C) groups is 1. The lowest BCUT2D eigenvalue weighted by atomic mass is 10.1. The van der Waals surface area contributed by atoms with E-state index < -0.39 is 12.2 Å². The first kappa shape index (κ1) is 22.5. The summed E-state index contributed by atoms with van der Waals surface area (Å²) in [6, 6.07) is 0. The molecule has 0 amide bonds. The Balaban J connectivity index is 0. The Morgan fingerprint density at radius 2 is 1.90 bits per heavy atom. The highest BCUT2D eigenvalue weighted by Gasteiger charge is 2.19. The molecule has 0 aromatic heterocycles. The lowest BCUT2D eigenvalue weighted by molar-refractivity contribution is 0.0394. The molecule has 0 aliphatic heterocycles. The van der Waals surface area contributed by atoms with Crippen LogP contribution in [0.1, 0.15) is 53.4 Å². The first-order valence-corrected chi connectivity index (χ1v) is 8.47. The third kappa shape index (κ3) is 12.7. The molecule has 0 aliphatic carbocycles. The molecule has 21 heavy (non-hydrogen) atoms. The second-order valence-corrected chi connectivity index (χ2v) is 5.40. The van der Waals surface area contributed by atoms with Gasteiger partial charge in [0.1, 0.15) is 6.10 Å². The van der Waals surface area contributed by atoms with Crippen molar-refractivity contribution in [1.82, 2.24) is 0 Å². The summed E-state index contributed by atoms with van der Waals surface area (Å²) >= 11 is 1.35. The van der Waals surface area contributed by atoms with E-state index in [0.717, 1.165) is 30.7 Å². The van der Waals surface area contributed by atoms with Gasteiger partial charge in [-0.1, -0.05) is 39.3 Å². The molecule has 0 fully saturated rings. The van der Waals surface area contributed by atoms with Crippen LogP contribution in [0.2, 0.25) is 0 Å². The van der Waals surface area contributed by atoms with E-state index in [9.17, 15) is 10.2 Å². The number of aliphatic hydroxyl groups is 2. The molecule has 0 heterocycles. The molecular weight excluding hydrogens is 284 g/mol. The molecule has 0 saturated heterocycles. The van der Waals surface area contributed by atoms with E-state index in [1.54, 1.807) is 18.4 Å². The maximum atomic E-state index is 9.96. The van der Waals surface area contributed by atoms with Crippen LogP contribution in [0.4, 0.5) is 0 Å². The molecular formula is C16H32N2O2S. The topological polar surface area (TPSA) is 78.8 Å². The molecule has 0 radical (unpaired) electrons. The molecule has 0 rings (SSSR count). The van der Waals surface area contributed by atoms with Crippen molar-refractivity contribution in [2.75, 3.05) is 6.54 Å². The minimum absolute atomic E-state index is 0.585. The van der Waals surface area contributed by atoms with Gasteiger partial charge in [-0.15, -0.1) is 11.8 Å². The molecule has 0 spiro atoms. The molecule has 4 nitrogen and oxygen atoms in total. The zero-order chi connectivity index (χ0) is 16.7. The smallest absolute Gasteiger partial charge is 0.111 e. The Kier molecular flexibility index (Phi) is 16.7. The summed E-state index contributed by atoms with van der Waals surface area (Å²) in [6.45, 7) is 12.0. The predicted octanol–water partition coefficient (Wildman–Crippen LogP) is 3.45. The van der Waals surface area contributed by atoms with Gasteiger partial charge in [0, 0.05) is 11.4 Å². The van der Waals surface area contributed by atoms with Crippen LogP contribution in [0.25, 0.3) is 0 Å². The van der Waals surface area contributed by atoms with E-state index in [2.05, 4.69) is 11.6 Å². The Morgan fingerprint density at radius 3 is 2.38 bits per heavy atom. The first-order chi connectivity index (χ1) is 10.0. The molecule has 4 N–H and O–H groups in total. The Bertz CT molecular complexity index is 313. The standard InChI is InChI=1S/C14H26N2O2S.C2H6/c1-4-13(19-5-2)14(18)12(17)9-7-6-8-10-16-11(3)15;1-2/h4-5,12,14,17-18H,2,6-10H2,1,3H3,(H2,15,16);1-2H3/b13-4-;. The molecule has 0 saturated carbocycles. The van der Waals surface area contributed by atoms with Crippen molar-refractivity contribution in [3.8, 4) is 0 Å². The van der Waals surface area contributed by atoms with Crippen LogP contribution in [0.5, 0.6) is 0 Å². The minimum Gasteiger partial charge on any atom is -0.390 e. The maximum Gasteiger partial charge on any atom is 0.111 e. The summed E-state index contributed by atoms with van der Waals surface area (Å²) in [6.07, 6.45) is 3.64.